The Labute approximate surface area is 87.0 Å². The molecule has 0 atom stereocenters. The molecular formula is C12H21NO. The predicted molar refractivity (Wildman–Crippen MR) is 59.0 cm³/mol. The minimum Gasteiger partial charge on any atom is -0.338 e. The summed E-state index contributed by atoms with van der Waals surface area (Å²) in [5.74, 6) is 0.760. The smallest absolute Gasteiger partial charge is 0.219 e. The van der Waals surface area contributed by atoms with Crippen molar-refractivity contribution in [3.8, 4) is 0 Å². The number of rotatable bonds is 1. The molecule has 0 aromatic carbocycles. The SMILES string of the molecule is CC(=O)N1CC=C(C(C)C)C(C)(C)C1. The van der Waals surface area contributed by atoms with Gasteiger partial charge in [0.1, 0.15) is 0 Å². The Kier molecular flexibility index (Phi) is 3.03. The van der Waals surface area contributed by atoms with Gasteiger partial charge in [-0.25, -0.2) is 0 Å². The molecule has 0 saturated carbocycles. The maximum Gasteiger partial charge on any atom is 0.219 e. The van der Waals surface area contributed by atoms with E-state index >= 15 is 0 Å². The van der Waals surface area contributed by atoms with Gasteiger partial charge in [0.25, 0.3) is 0 Å². The minimum atomic E-state index is 0.137. The van der Waals surface area contributed by atoms with Crippen LogP contribution in [-0.4, -0.2) is 23.9 Å². The fourth-order valence-electron chi connectivity index (χ4n) is 2.37. The molecule has 1 amide bonds. The van der Waals surface area contributed by atoms with Crippen molar-refractivity contribution < 1.29 is 4.79 Å². The quantitative estimate of drug-likeness (QED) is 0.589. The summed E-state index contributed by atoms with van der Waals surface area (Å²) in [7, 11) is 0. The highest BCUT2D eigenvalue weighted by Crippen LogP contribution is 2.35. The molecule has 0 aromatic rings. The Morgan fingerprint density at radius 3 is 2.43 bits per heavy atom. The zero-order valence-electron chi connectivity index (χ0n) is 9.92. The van der Waals surface area contributed by atoms with Crippen LogP contribution < -0.4 is 0 Å². The molecule has 1 heterocycles. The van der Waals surface area contributed by atoms with Gasteiger partial charge in [-0.2, -0.15) is 0 Å². The fourth-order valence-corrected chi connectivity index (χ4v) is 2.37. The van der Waals surface area contributed by atoms with Gasteiger partial charge in [0.2, 0.25) is 5.91 Å². The van der Waals surface area contributed by atoms with E-state index in [0.717, 1.165) is 13.1 Å². The zero-order valence-corrected chi connectivity index (χ0v) is 9.92. The van der Waals surface area contributed by atoms with Crippen LogP contribution in [0.4, 0.5) is 0 Å². The van der Waals surface area contributed by atoms with Gasteiger partial charge in [-0.1, -0.05) is 39.3 Å². The summed E-state index contributed by atoms with van der Waals surface area (Å²) in [5, 5.41) is 0. The standard InChI is InChI=1S/C12H21NO/c1-9(2)11-6-7-13(10(3)14)8-12(11,4)5/h6,9H,7-8H2,1-5H3. The summed E-state index contributed by atoms with van der Waals surface area (Å²) in [4.78, 5) is 13.2. The van der Waals surface area contributed by atoms with Crippen molar-refractivity contribution in [1.29, 1.82) is 0 Å². The Balaban J connectivity index is 2.88. The van der Waals surface area contributed by atoms with Crippen molar-refractivity contribution in [3.05, 3.63) is 11.6 Å². The molecule has 0 aliphatic carbocycles. The molecule has 0 fully saturated rings. The molecule has 0 aromatic heterocycles. The predicted octanol–water partition coefficient (Wildman–Crippen LogP) is 2.46. The van der Waals surface area contributed by atoms with Crippen LogP contribution in [0.1, 0.15) is 34.6 Å². The largest absolute Gasteiger partial charge is 0.338 e. The number of amides is 1. The van der Waals surface area contributed by atoms with E-state index in [4.69, 9.17) is 0 Å². The van der Waals surface area contributed by atoms with Crippen LogP contribution in [0.3, 0.4) is 0 Å². The second-order valence-corrected chi connectivity index (χ2v) is 5.10. The molecular weight excluding hydrogens is 174 g/mol. The second-order valence-electron chi connectivity index (χ2n) is 5.10. The van der Waals surface area contributed by atoms with Crippen LogP contribution in [0.2, 0.25) is 0 Å². The highest BCUT2D eigenvalue weighted by Gasteiger charge is 2.31. The molecule has 0 unspecified atom stereocenters. The Morgan fingerprint density at radius 1 is 1.50 bits per heavy atom. The van der Waals surface area contributed by atoms with E-state index in [1.54, 1.807) is 6.92 Å². The van der Waals surface area contributed by atoms with Crippen LogP contribution in [0.5, 0.6) is 0 Å². The maximum atomic E-state index is 11.3. The summed E-state index contributed by atoms with van der Waals surface area (Å²) in [6, 6.07) is 0. The molecule has 1 rings (SSSR count). The fraction of sp³-hybridized carbons (Fsp3) is 0.750. The third-order valence-corrected chi connectivity index (χ3v) is 2.97. The Morgan fingerprint density at radius 2 is 2.07 bits per heavy atom. The summed E-state index contributed by atoms with van der Waals surface area (Å²) >= 11 is 0. The lowest BCUT2D eigenvalue weighted by molar-refractivity contribution is -0.129. The van der Waals surface area contributed by atoms with E-state index in [1.165, 1.54) is 5.57 Å². The first-order valence-corrected chi connectivity index (χ1v) is 5.30. The first kappa shape index (κ1) is 11.3. The van der Waals surface area contributed by atoms with Gasteiger partial charge >= 0.3 is 0 Å². The van der Waals surface area contributed by atoms with Gasteiger partial charge in [-0.15, -0.1) is 0 Å². The zero-order chi connectivity index (χ0) is 10.9. The second kappa shape index (κ2) is 3.76. The van der Waals surface area contributed by atoms with E-state index in [2.05, 4.69) is 33.8 Å². The molecule has 0 spiro atoms. The molecule has 14 heavy (non-hydrogen) atoms. The molecule has 1 aliphatic rings. The van der Waals surface area contributed by atoms with Gasteiger partial charge in [0, 0.05) is 25.4 Å². The normalized spacial score (nSPS) is 21.0. The molecule has 80 valence electrons. The maximum absolute atomic E-state index is 11.3. The van der Waals surface area contributed by atoms with Gasteiger partial charge in [0.15, 0.2) is 0 Å². The topological polar surface area (TPSA) is 20.3 Å². The Hall–Kier alpha value is -0.790. The van der Waals surface area contributed by atoms with E-state index in [1.807, 2.05) is 4.90 Å². The molecule has 2 nitrogen and oxygen atoms in total. The molecule has 0 bridgehead atoms. The minimum absolute atomic E-state index is 0.137. The Bertz CT molecular complexity index is 263. The summed E-state index contributed by atoms with van der Waals surface area (Å²) in [5.41, 5.74) is 1.62. The van der Waals surface area contributed by atoms with Crippen molar-refractivity contribution in [2.24, 2.45) is 11.3 Å². The number of hydrogen-bond acceptors (Lipinski definition) is 1. The summed E-state index contributed by atoms with van der Waals surface area (Å²) in [6.45, 7) is 12.2. The van der Waals surface area contributed by atoms with E-state index in [-0.39, 0.29) is 11.3 Å². The number of nitrogens with zero attached hydrogens (tertiary/aromatic N) is 1. The first-order valence-electron chi connectivity index (χ1n) is 5.30. The molecule has 1 aliphatic heterocycles. The monoisotopic (exact) mass is 195 g/mol. The van der Waals surface area contributed by atoms with Crippen LogP contribution in [0, 0.1) is 11.3 Å². The van der Waals surface area contributed by atoms with Crippen molar-refractivity contribution in [2.75, 3.05) is 13.1 Å². The van der Waals surface area contributed by atoms with Gasteiger partial charge < -0.3 is 4.90 Å². The van der Waals surface area contributed by atoms with Crippen molar-refractivity contribution in [3.63, 3.8) is 0 Å². The molecule has 0 N–H and O–H groups in total. The van der Waals surface area contributed by atoms with Gasteiger partial charge in [0.05, 0.1) is 0 Å². The third-order valence-electron chi connectivity index (χ3n) is 2.97. The van der Waals surface area contributed by atoms with E-state index in [0.29, 0.717) is 5.92 Å². The lowest BCUT2D eigenvalue weighted by Crippen LogP contribution is -2.43. The van der Waals surface area contributed by atoms with E-state index in [9.17, 15) is 4.79 Å². The highest BCUT2D eigenvalue weighted by atomic mass is 16.2. The van der Waals surface area contributed by atoms with Crippen molar-refractivity contribution in [2.45, 2.75) is 34.6 Å². The van der Waals surface area contributed by atoms with Crippen LogP contribution in [0.25, 0.3) is 0 Å². The molecule has 2 heteroatoms. The first-order chi connectivity index (χ1) is 6.34. The number of hydrogen-bond donors (Lipinski definition) is 0. The number of carbonyl (C=O) groups excluding carboxylic acids is 1. The lowest BCUT2D eigenvalue weighted by atomic mass is 9.76. The molecule has 0 saturated heterocycles. The summed E-state index contributed by atoms with van der Waals surface area (Å²) < 4.78 is 0. The number of carbonyl (C=O) groups is 1. The van der Waals surface area contributed by atoms with Crippen molar-refractivity contribution in [1.82, 2.24) is 4.90 Å². The lowest BCUT2D eigenvalue weighted by Gasteiger charge is -2.40. The van der Waals surface area contributed by atoms with Crippen LogP contribution >= 0.6 is 0 Å². The average molecular weight is 195 g/mol. The van der Waals surface area contributed by atoms with Gasteiger partial charge in [-0.3, -0.25) is 4.79 Å². The van der Waals surface area contributed by atoms with E-state index < -0.39 is 0 Å². The van der Waals surface area contributed by atoms with Gasteiger partial charge in [-0.05, 0) is 5.92 Å². The molecule has 0 radical (unpaired) electrons. The van der Waals surface area contributed by atoms with Crippen LogP contribution in [-0.2, 0) is 4.79 Å². The third kappa shape index (κ3) is 2.17. The summed E-state index contributed by atoms with van der Waals surface area (Å²) in [6.07, 6.45) is 2.22. The highest BCUT2D eigenvalue weighted by molar-refractivity contribution is 5.73. The van der Waals surface area contributed by atoms with Crippen molar-refractivity contribution >= 4 is 5.91 Å². The van der Waals surface area contributed by atoms with Crippen LogP contribution in [0.15, 0.2) is 11.6 Å². The average Bonchev–Trinajstić information content (AvgIpc) is 2.01.